The first kappa shape index (κ1) is 25.9. The molecule has 2 aromatic rings. The summed E-state index contributed by atoms with van der Waals surface area (Å²) in [7, 11) is 1.67. The highest BCUT2D eigenvalue weighted by Gasteiger charge is 2.15. The van der Waals surface area contributed by atoms with Crippen LogP contribution in [-0.2, 0) is 17.9 Å². The van der Waals surface area contributed by atoms with Gasteiger partial charge in [0.1, 0.15) is 39.3 Å². The van der Waals surface area contributed by atoms with Crippen molar-refractivity contribution in [2.45, 2.75) is 13.2 Å². The van der Waals surface area contributed by atoms with E-state index >= 15 is 0 Å². The minimum atomic E-state index is 0. The monoisotopic (exact) mass is 507 g/mol. The van der Waals surface area contributed by atoms with Gasteiger partial charge in [-0.15, -0.1) is 0 Å². The Balaban J connectivity index is 0.00000210. The second-order valence-corrected chi connectivity index (χ2v) is 7.51. The number of halogens is 3. The highest BCUT2D eigenvalue weighted by atomic mass is 79.9. The molecule has 0 saturated carbocycles. The number of quaternary nitrogens is 2. The number of ether oxygens (including phenoxy) is 3. The van der Waals surface area contributed by atoms with Crippen LogP contribution in [0.15, 0.2) is 41.1 Å². The van der Waals surface area contributed by atoms with E-state index < -0.39 is 0 Å². The number of pyridine rings is 1. The number of hydrogen-bond donors (Lipinski definition) is 2. The average Bonchev–Trinajstić information content (AvgIpc) is 2.71. The van der Waals surface area contributed by atoms with Gasteiger partial charge in [-0.05, 0) is 34.1 Å². The van der Waals surface area contributed by atoms with Crippen LogP contribution in [0.2, 0.25) is 0 Å². The molecule has 0 spiro atoms. The Labute approximate surface area is 193 Å². The van der Waals surface area contributed by atoms with Crippen molar-refractivity contribution in [3.63, 3.8) is 0 Å². The first-order valence-corrected chi connectivity index (χ1v) is 10.2. The molecule has 1 aliphatic heterocycles. The topological polar surface area (TPSA) is 61.6 Å². The maximum atomic E-state index is 5.97. The zero-order chi connectivity index (χ0) is 18.9. The van der Waals surface area contributed by atoms with Crippen LogP contribution in [-0.4, -0.2) is 51.5 Å². The lowest BCUT2D eigenvalue weighted by molar-refractivity contribution is -0.920. The van der Waals surface area contributed by atoms with Crippen molar-refractivity contribution in [3.05, 3.63) is 52.3 Å². The van der Waals surface area contributed by atoms with E-state index in [9.17, 15) is 0 Å². The van der Waals surface area contributed by atoms with Gasteiger partial charge in [0.15, 0.2) is 11.5 Å². The lowest BCUT2D eigenvalue weighted by atomic mass is 10.2. The average molecular weight is 509 g/mol. The Bertz CT molecular complexity index is 720. The van der Waals surface area contributed by atoms with E-state index in [0.29, 0.717) is 6.61 Å². The van der Waals surface area contributed by atoms with Crippen LogP contribution in [0.25, 0.3) is 0 Å². The molecule has 6 nitrogen and oxygen atoms in total. The molecule has 0 radical (unpaired) electrons. The molecule has 1 saturated heterocycles. The minimum absolute atomic E-state index is 0. The van der Waals surface area contributed by atoms with Crippen molar-refractivity contribution in [3.8, 4) is 11.5 Å². The van der Waals surface area contributed by atoms with Gasteiger partial charge in [0.05, 0.1) is 24.8 Å². The molecule has 0 aliphatic carbocycles. The summed E-state index contributed by atoms with van der Waals surface area (Å²) in [5.41, 5.74) is 2.24. The molecule has 3 N–H and O–H groups in total. The van der Waals surface area contributed by atoms with E-state index in [1.807, 2.05) is 12.1 Å². The molecule has 0 amide bonds. The number of morpholine rings is 1. The molecule has 1 fully saturated rings. The fraction of sp³-hybridized carbons (Fsp3) is 0.450. The third-order valence-electron chi connectivity index (χ3n) is 4.68. The molecule has 3 rings (SSSR count). The smallest absolute Gasteiger partial charge is 0.175 e. The van der Waals surface area contributed by atoms with E-state index in [0.717, 1.165) is 60.9 Å². The molecule has 1 aromatic heterocycles. The maximum absolute atomic E-state index is 5.97. The predicted molar refractivity (Wildman–Crippen MR) is 106 cm³/mol. The standard InChI is InChI=1S/C20H26BrN3O3.2ClH/c1-25-19-12-17(14-23-5-6-24-7-9-26-10-8-24)11-18(21)20(19)27-15-16-3-2-4-22-13-16;;/h2-4,11-13,23H,5-10,14-15H2,1H3;2*1H. The second-order valence-electron chi connectivity index (χ2n) is 6.65. The molecule has 9 heteroatoms. The molecule has 29 heavy (non-hydrogen) atoms. The van der Waals surface area contributed by atoms with Crippen LogP contribution in [0.3, 0.4) is 0 Å². The summed E-state index contributed by atoms with van der Waals surface area (Å²) in [6.45, 7) is 7.67. The minimum Gasteiger partial charge on any atom is -1.00 e. The zero-order valence-electron chi connectivity index (χ0n) is 16.5. The van der Waals surface area contributed by atoms with Gasteiger partial charge in [-0.3, -0.25) is 4.98 Å². The Hall–Kier alpha value is -1.09. The summed E-state index contributed by atoms with van der Waals surface area (Å²) in [6.07, 6.45) is 3.56. The number of nitrogens with one attached hydrogen (secondary N) is 1. The number of nitrogens with zero attached hydrogens (tertiary/aromatic N) is 1. The highest BCUT2D eigenvalue weighted by molar-refractivity contribution is 9.10. The third kappa shape index (κ3) is 8.28. The second kappa shape index (κ2) is 14.0. The maximum Gasteiger partial charge on any atom is 0.175 e. The predicted octanol–water partition coefficient (Wildman–Crippen LogP) is -5.58. The Morgan fingerprint density at radius 3 is 2.69 bits per heavy atom. The Morgan fingerprint density at radius 2 is 2.00 bits per heavy atom. The molecule has 1 aliphatic rings. The van der Waals surface area contributed by atoms with Gasteiger partial charge in [0.2, 0.25) is 0 Å². The normalized spacial score (nSPS) is 13.9. The zero-order valence-corrected chi connectivity index (χ0v) is 19.6. The summed E-state index contributed by atoms with van der Waals surface area (Å²) in [4.78, 5) is 5.75. The van der Waals surface area contributed by atoms with Gasteiger partial charge in [-0.25, -0.2) is 0 Å². The van der Waals surface area contributed by atoms with Crippen LogP contribution in [0, 0.1) is 0 Å². The van der Waals surface area contributed by atoms with E-state index in [1.54, 1.807) is 24.4 Å². The molecular weight excluding hydrogens is 481 g/mol. The first-order valence-electron chi connectivity index (χ1n) is 9.37. The van der Waals surface area contributed by atoms with Crippen molar-refractivity contribution in [1.29, 1.82) is 0 Å². The molecule has 0 unspecified atom stereocenters. The van der Waals surface area contributed by atoms with Gasteiger partial charge in [0.25, 0.3) is 0 Å². The van der Waals surface area contributed by atoms with Gasteiger partial charge >= 0.3 is 0 Å². The van der Waals surface area contributed by atoms with Crippen LogP contribution in [0.5, 0.6) is 11.5 Å². The summed E-state index contributed by atoms with van der Waals surface area (Å²) in [5.74, 6) is 1.47. The number of benzene rings is 1. The van der Waals surface area contributed by atoms with Crippen molar-refractivity contribution in [2.75, 3.05) is 46.5 Å². The quantitative estimate of drug-likeness (QED) is 0.332. The molecular formula is C20H28BrCl2N3O3. The highest BCUT2D eigenvalue weighted by Crippen LogP contribution is 2.37. The van der Waals surface area contributed by atoms with E-state index in [2.05, 4.69) is 38.4 Å². The fourth-order valence-electron chi connectivity index (χ4n) is 3.16. The number of rotatable bonds is 9. The Morgan fingerprint density at radius 1 is 1.21 bits per heavy atom. The van der Waals surface area contributed by atoms with Gasteiger partial charge in [-0.2, -0.15) is 0 Å². The van der Waals surface area contributed by atoms with Crippen molar-refractivity contribution in [1.82, 2.24) is 4.98 Å². The lowest BCUT2D eigenvalue weighted by Gasteiger charge is -2.22. The molecule has 2 heterocycles. The van der Waals surface area contributed by atoms with Crippen molar-refractivity contribution >= 4 is 15.9 Å². The molecule has 1 aromatic carbocycles. The van der Waals surface area contributed by atoms with Crippen LogP contribution >= 0.6 is 15.9 Å². The number of aromatic nitrogens is 1. The summed E-state index contributed by atoms with van der Waals surface area (Å²) in [6, 6.07) is 8.07. The van der Waals surface area contributed by atoms with Crippen LogP contribution in [0.4, 0.5) is 0 Å². The molecule has 0 bridgehead atoms. The van der Waals surface area contributed by atoms with Gasteiger partial charge in [-0.1, -0.05) is 6.07 Å². The van der Waals surface area contributed by atoms with Crippen LogP contribution in [0.1, 0.15) is 11.1 Å². The van der Waals surface area contributed by atoms with Gasteiger partial charge in [0, 0.05) is 23.5 Å². The third-order valence-corrected chi connectivity index (χ3v) is 5.27. The van der Waals surface area contributed by atoms with Crippen molar-refractivity contribution < 1.29 is 49.2 Å². The number of hydrogen-bond acceptors (Lipinski definition) is 4. The number of methoxy groups -OCH3 is 1. The largest absolute Gasteiger partial charge is 1.00 e. The van der Waals surface area contributed by atoms with Gasteiger partial charge < -0.3 is 49.2 Å². The van der Waals surface area contributed by atoms with E-state index in [4.69, 9.17) is 14.2 Å². The SMILES string of the molecule is COc1cc(C[NH2+]CC[NH+]2CCOCC2)cc(Br)c1OCc1cccnc1.[Cl-].[Cl-]. The summed E-state index contributed by atoms with van der Waals surface area (Å²) in [5, 5.41) is 2.35. The molecule has 0 atom stereocenters. The first-order chi connectivity index (χ1) is 13.3. The summed E-state index contributed by atoms with van der Waals surface area (Å²) < 4.78 is 17.8. The van der Waals surface area contributed by atoms with E-state index in [-0.39, 0.29) is 24.8 Å². The summed E-state index contributed by atoms with van der Waals surface area (Å²) >= 11 is 3.63. The molecule has 162 valence electrons. The Kier molecular flexibility index (Phi) is 12.5. The van der Waals surface area contributed by atoms with Crippen molar-refractivity contribution in [2.24, 2.45) is 0 Å². The van der Waals surface area contributed by atoms with Crippen LogP contribution < -0.4 is 44.5 Å². The van der Waals surface area contributed by atoms with E-state index in [1.165, 1.54) is 12.1 Å². The lowest BCUT2D eigenvalue weighted by Crippen LogP contribution is -3.16. The fourth-order valence-corrected chi connectivity index (χ4v) is 3.76. The number of nitrogens with two attached hydrogens (primary N) is 1.